The molecule has 0 unspecified atom stereocenters. The van der Waals surface area contributed by atoms with Crippen molar-refractivity contribution in [2.45, 2.75) is 51.1 Å². The number of nitrogens with two attached hydrogens (primary N) is 1. The van der Waals surface area contributed by atoms with Crippen molar-refractivity contribution in [1.29, 1.82) is 0 Å². The van der Waals surface area contributed by atoms with E-state index < -0.39 is 5.54 Å². The highest BCUT2D eigenvalue weighted by Crippen LogP contribution is 2.39. The van der Waals surface area contributed by atoms with Gasteiger partial charge in [-0.2, -0.15) is 0 Å². The van der Waals surface area contributed by atoms with Gasteiger partial charge in [0.1, 0.15) is 17.8 Å². The maximum Gasteiger partial charge on any atom is 0.250 e. The Balaban J connectivity index is 1.75. The monoisotopic (exact) mass is 463 g/mol. The summed E-state index contributed by atoms with van der Waals surface area (Å²) in [6.07, 6.45) is 3.73. The van der Waals surface area contributed by atoms with E-state index in [1.807, 2.05) is 31.2 Å². The zero-order valence-corrected chi connectivity index (χ0v) is 19.4. The van der Waals surface area contributed by atoms with Crippen LogP contribution in [0.4, 0.5) is 17.3 Å². The summed E-state index contributed by atoms with van der Waals surface area (Å²) < 4.78 is 6.52. The number of aromatic nitrogens is 4. The van der Waals surface area contributed by atoms with Crippen LogP contribution in [0.5, 0.6) is 5.75 Å². The molecule has 0 aliphatic heterocycles. The van der Waals surface area contributed by atoms with Crippen molar-refractivity contribution in [2.24, 2.45) is 0 Å². The Bertz CT molecular complexity index is 1140. The number of aryl methyl sites for hydroxylation is 1. The summed E-state index contributed by atoms with van der Waals surface area (Å²) in [5, 5.41) is 14.1. The minimum Gasteiger partial charge on any atom is -0.497 e. The van der Waals surface area contributed by atoms with Gasteiger partial charge < -0.3 is 15.8 Å². The number of tetrazole rings is 1. The molecule has 1 heterocycles. The van der Waals surface area contributed by atoms with Crippen LogP contribution in [0.3, 0.4) is 0 Å². The van der Waals surface area contributed by atoms with Crippen molar-refractivity contribution in [3.8, 4) is 5.75 Å². The predicted molar refractivity (Wildman–Crippen MR) is 128 cm³/mol. The molecule has 2 amide bonds. The van der Waals surface area contributed by atoms with Crippen LogP contribution >= 0.6 is 0 Å². The van der Waals surface area contributed by atoms with E-state index in [-0.39, 0.29) is 24.3 Å². The molecule has 0 spiro atoms. The molecule has 34 heavy (non-hydrogen) atoms. The standard InChI is InChI=1S/C24H29N7O3/c1-17-6-8-18(9-7-17)26-22(33)24(14-4-3-5-15-24)31(19-10-12-20(34-2)13-11-19)21(32)16-30-23(25)27-28-29-30/h6-13H,3-5,14-16H2,1-2H3,(H,26,33)(H2,25,27,29). The van der Waals surface area contributed by atoms with E-state index in [9.17, 15) is 9.59 Å². The molecule has 1 fully saturated rings. The smallest absolute Gasteiger partial charge is 0.250 e. The number of methoxy groups -OCH3 is 1. The highest BCUT2D eigenvalue weighted by Gasteiger charge is 2.48. The van der Waals surface area contributed by atoms with Crippen LogP contribution in [-0.4, -0.2) is 44.7 Å². The predicted octanol–water partition coefficient (Wildman–Crippen LogP) is 2.95. The maximum atomic E-state index is 13.9. The van der Waals surface area contributed by atoms with E-state index in [0.717, 1.165) is 24.8 Å². The van der Waals surface area contributed by atoms with Gasteiger partial charge in [-0.1, -0.05) is 42.1 Å². The van der Waals surface area contributed by atoms with Gasteiger partial charge in [-0.3, -0.25) is 14.5 Å². The van der Waals surface area contributed by atoms with Crippen LogP contribution in [0.15, 0.2) is 48.5 Å². The van der Waals surface area contributed by atoms with Crippen molar-refractivity contribution >= 4 is 29.1 Å². The zero-order valence-electron chi connectivity index (χ0n) is 19.4. The number of benzene rings is 2. The van der Waals surface area contributed by atoms with E-state index in [1.165, 1.54) is 4.68 Å². The molecule has 10 heteroatoms. The summed E-state index contributed by atoms with van der Waals surface area (Å²) in [5.74, 6) is 0.141. The average molecular weight is 464 g/mol. The zero-order chi connectivity index (χ0) is 24.1. The minimum absolute atomic E-state index is 0.0323. The molecule has 0 bridgehead atoms. The number of amides is 2. The lowest BCUT2D eigenvalue weighted by molar-refractivity contribution is -0.128. The molecule has 3 aromatic rings. The van der Waals surface area contributed by atoms with Crippen LogP contribution in [-0.2, 0) is 16.1 Å². The molecule has 10 nitrogen and oxygen atoms in total. The number of nitrogens with zero attached hydrogens (tertiary/aromatic N) is 5. The molecule has 1 aliphatic rings. The molecule has 178 valence electrons. The normalized spacial score (nSPS) is 14.9. The number of hydrogen-bond acceptors (Lipinski definition) is 7. The second-order valence-electron chi connectivity index (χ2n) is 8.53. The highest BCUT2D eigenvalue weighted by molar-refractivity contribution is 6.08. The van der Waals surface area contributed by atoms with Crippen molar-refractivity contribution in [3.05, 3.63) is 54.1 Å². The molecule has 0 radical (unpaired) electrons. The van der Waals surface area contributed by atoms with Gasteiger partial charge in [0.25, 0.3) is 5.91 Å². The third-order valence-electron chi connectivity index (χ3n) is 6.27. The third-order valence-corrected chi connectivity index (χ3v) is 6.27. The first-order chi connectivity index (χ1) is 16.4. The van der Waals surface area contributed by atoms with Crippen molar-refractivity contribution < 1.29 is 14.3 Å². The Morgan fingerprint density at radius 2 is 1.76 bits per heavy atom. The number of ether oxygens (including phenoxy) is 1. The molecular weight excluding hydrogens is 434 g/mol. The van der Waals surface area contributed by atoms with Gasteiger partial charge in [0.2, 0.25) is 11.9 Å². The second kappa shape index (κ2) is 9.90. The molecular formula is C24H29N7O3. The molecule has 4 rings (SSSR count). The lowest BCUT2D eigenvalue weighted by Crippen LogP contribution is -2.61. The maximum absolute atomic E-state index is 13.9. The molecule has 1 aliphatic carbocycles. The molecule has 3 N–H and O–H groups in total. The van der Waals surface area contributed by atoms with Crippen LogP contribution in [0, 0.1) is 6.92 Å². The summed E-state index contributed by atoms with van der Waals surface area (Å²) in [5.41, 5.74) is 7.12. The number of carbonyl (C=O) groups excluding carboxylic acids is 2. The number of hydrogen-bond donors (Lipinski definition) is 2. The van der Waals surface area contributed by atoms with E-state index in [4.69, 9.17) is 10.5 Å². The van der Waals surface area contributed by atoms with Crippen LogP contribution in [0.25, 0.3) is 0 Å². The largest absolute Gasteiger partial charge is 0.497 e. The van der Waals surface area contributed by atoms with Gasteiger partial charge in [0.15, 0.2) is 0 Å². The highest BCUT2D eigenvalue weighted by atomic mass is 16.5. The number of nitrogen functional groups attached to an aromatic ring is 1. The fraction of sp³-hybridized carbons (Fsp3) is 0.375. The van der Waals surface area contributed by atoms with Crippen molar-refractivity contribution in [1.82, 2.24) is 20.2 Å². The third kappa shape index (κ3) is 4.70. The first-order valence-corrected chi connectivity index (χ1v) is 11.3. The molecule has 1 aromatic heterocycles. The Morgan fingerprint density at radius 1 is 1.09 bits per heavy atom. The van der Waals surface area contributed by atoms with E-state index in [2.05, 4.69) is 20.8 Å². The topological polar surface area (TPSA) is 128 Å². The quantitative estimate of drug-likeness (QED) is 0.551. The number of nitrogens with one attached hydrogen (secondary N) is 1. The number of anilines is 3. The lowest BCUT2D eigenvalue weighted by Gasteiger charge is -2.45. The van der Waals surface area contributed by atoms with Gasteiger partial charge in [0.05, 0.1) is 7.11 Å². The van der Waals surface area contributed by atoms with Crippen molar-refractivity contribution in [2.75, 3.05) is 23.1 Å². The van der Waals surface area contributed by atoms with Crippen LogP contribution < -0.4 is 20.7 Å². The minimum atomic E-state index is -1.07. The fourth-order valence-electron chi connectivity index (χ4n) is 4.46. The van der Waals surface area contributed by atoms with Crippen LogP contribution in [0.2, 0.25) is 0 Å². The Hall–Kier alpha value is -3.95. The molecule has 0 saturated heterocycles. The van der Waals surface area contributed by atoms with E-state index >= 15 is 0 Å². The van der Waals surface area contributed by atoms with Crippen LogP contribution in [0.1, 0.15) is 37.7 Å². The molecule has 1 saturated carbocycles. The number of carbonyl (C=O) groups is 2. The summed E-state index contributed by atoms with van der Waals surface area (Å²) in [6.45, 7) is 1.80. The Morgan fingerprint density at radius 3 is 2.35 bits per heavy atom. The van der Waals surface area contributed by atoms with Gasteiger partial charge in [-0.15, -0.1) is 0 Å². The summed E-state index contributed by atoms with van der Waals surface area (Å²) in [6, 6.07) is 14.7. The summed E-state index contributed by atoms with van der Waals surface area (Å²) in [4.78, 5) is 29.2. The molecule has 2 aromatic carbocycles. The van der Waals surface area contributed by atoms with E-state index in [1.54, 1.807) is 36.3 Å². The van der Waals surface area contributed by atoms with Gasteiger partial charge >= 0.3 is 0 Å². The van der Waals surface area contributed by atoms with Crippen molar-refractivity contribution in [3.63, 3.8) is 0 Å². The number of rotatable bonds is 7. The van der Waals surface area contributed by atoms with Gasteiger partial charge in [0, 0.05) is 11.4 Å². The van der Waals surface area contributed by atoms with E-state index in [0.29, 0.717) is 30.0 Å². The summed E-state index contributed by atoms with van der Waals surface area (Å²) in [7, 11) is 1.58. The fourth-order valence-corrected chi connectivity index (χ4v) is 4.46. The Kier molecular flexibility index (Phi) is 6.76. The van der Waals surface area contributed by atoms with Gasteiger partial charge in [-0.25, -0.2) is 4.68 Å². The SMILES string of the molecule is COc1ccc(N(C(=O)Cn2nnnc2N)C2(C(=O)Nc3ccc(C)cc3)CCCCC2)cc1. The molecule has 0 atom stereocenters. The first-order valence-electron chi connectivity index (χ1n) is 11.3. The Labute approximate surface area is 198 Å². The van der Waals surface area contributed by atoms with Gasteiger partial charge in [-0.05, 0) is 66.6 Å². The second-order valence-corrected chi connectivity index (χ2v) is 8.53. The lowest BCUT2D eigenvalue weighted by atomic mass is 9.78. The first kappa shape index (κ1) is 23.2. The summed E-state index contributed by atoms with van der Waals surface area (Å²) >= 11 is 0. The average Bonchev–Trinajstić information content (AvgIpc) is 3.25.